The molecule has 0 saturated carbocycles. The second-order valence-corrected chi connectivity index (χ2v) is 3.22. The first-order chi connectivity index (χ1) is 7.92. The van der Waals surface area contributed by atoms with Gasteiger partial charge in [0.25, 0.3) is 0 Å². The highest BCUT2D eigenvalue weighted by Crippen LogP contribution is 2.05. The average molecular weight is 250 g/mol. The predicted molar refractivity (Wildman–Crippen MR) is 51.9 cm³/mol. The molecule has 0 aliphatic rings. The van der Waals surface area contributed by atoms with Crippen LogP contribution in [0.25, 0.3) is 0 Å². The van der Waals surface area contributed by atoms with Crippen molar-refractivity contribution < 1.29 is 39.5 Å². The topological polar surface area (TPSA) is 141 Å². The SMILES string of the molecule is O=C[C@H](OC(=O)CCC(=O)O)[C@@H](O)[C@@H](O)CO. The van der Waals surface area contributed by atoms with Crippen LogP contribution in [0.4, 0.5) is 0 Å². The van der Waals surface area contributed by atoms with Crippen molar-refractivity contribution in [1.29, 1.82) is 0 Å². The molecule has 0 bridgehead atoms. The van der Waals surface area contributed by atoms with Crippen LogP contribution < -0.4 is 0 Å². The number of hydrogen-bond donors (Lipinski definition) is 4. The summed E-state index contributed by atoms with van der Waals surface area (Å²) in [6, 6.07) is 0. The van der Waals surface area contributed by atoms with Gasteiger partial charge in [-0.3, -0.25) is 14.4 Å². The van der Waals surface area contributed by atoms with Crippen molar-refractivity contribution in [2.45, 2.75) is 31.2 Å². The molecule has 0 aromatic rings. The number of aldehydes is 1. The molecule has 0 aliphatic carbocycles. The number of rotatable bonds is 8. The van der Waals surface area contributed by atoms with E-state index in [2.05, 4.69) is 4.74 Å². The van der Waals surface area contributed by atoms with Crippen LogP contribution in [0.15, 0.2) is 0 Å². The zero-order valence-electron chi connectivity index (χ0n) is 8.85. The molecule has 0 saturated heterocycles. The summed E-state index contributed by atoms with van der Waals surface area (Å²) >= 11 is 0. The Morgan fingerprint density at radius 1 is 1.24 bits per heavy atom. The predicted octanol–water partition coefficient (Wildman–Crippen LogP) is -2.32. The quantitative estimate of drug-likeness (QED) is 0.278. The fraction of sp³-hybridized carbons (Fsp3) is 0.667. The van der Waals surface area contributed by atoms with Crippen LogP contribution >= 0.6 is 0 Å². The highest BCUT2D eigenvalue weighted by molar-refractivity contribution is 5.78. The molecule has 0 rings (SSSR count). The van der Waals surface area contributed by atoms with E-state index in [9.17, 15) is 19.5 Å². The Kier molecular flexibility index (Phi) is 7.03. The lowest BCUT2D eigenvalue weighted by atomic mass is 10.1. The molecule has 8 nitrogen and oxygen atoms in total. The fourth-order valence-corrected chi connectivity index (χ4v) is 0.925. The molecule has 0 aromatic heterocycles. The molecule has 17 heavy (non-hydrogen) atoms. The van der Waals surface area contributed by atoms with Gasteiger partial charge in [-0.05, 0) is 0 Å². The summed E-state index contributed by atoms with van der Waals surface area (Å²) in [6.07, 6.45) is -5.87. The minimum atomic E-state index is -1.76. The molecule has 0 radical (unpaired) electrons. The molecular weight excluding hydrogens is 236 g/mol. The van der Waals surface area contributed by atoms with E-state index >= 15 is 0 Å². The van der Waals surface area contributed by atoms with Crippen LogP contribution in [-0.2, 0) is 19.1 Å². The fourth-order valence-electron chi connectivity index (χ4n) is 0.925. The van der Waals surface area contributed by atoms with E-state index in [0.717, 1.165) is 0 Å². The van der Waals surface area contributed by atoms with Crippen molar-refractivity contribution in [2.75, 3.05) is 6.61 Å². The summed E-state index contributed by atoms with van der Waals surface area (Å²) in [5, 5.41) is 35.1. The Labute approximate surface area is 96.4 Å². The van der Waals surface area contributed by atoms with E-state index in [4.69, 9.17) is 15.3 Å². The van der Waals surface area contributed by atoms with Gasteiger partial charge in [-0.1, -0.05) is 0 Å². The van der Waals surface area contributed by atoms with Gasteiger partial charge in [0.15, 0.2) is 12.4 Å². The first-order valence-electron chi connectivity index (χ1n) is 4.76. The van der Waals surface area contributed by atoms with Gasteiger partial charge in [-0.2, -0.15) is 0 Å². The zero-order valence-corrected chi connectivity index (χ0v) is 8.85. The smallest absolute Gasteiger partial charge is 0.307 e. The second-order valence-electron chi connectivity index (χ2n) is 3.22. The highest BCUT2D eigenvalue weighted by atomic mass is 16.6. The molecule has 8 heteroatoms. The van der Waals surface area contributed by atoms with Gasteiger partial charge in [0.1, 0.15) is 12.2 Å². The van der Waals surface area contributed by atoms with E-state index in [-0.39, 0.29) is 6.29 Å². The number of ether oxygens (including phenoxy) is 1. The minimum absolute atomic E-state index is 0.0855. The summed E-state index contributed by atoms with van der Waals surface area (Å²) < 4.78 is 4.44. The minimum Gasteiger partial charge on any atom is -0.481 e. The number of carboxylic acids is 1. The molecule has 0 unspecified atom stereocenters. The van der Waals surface area contributed by atoms with Gasteiger partial charge in [0, 0.05) is 0 Å². The number of aliphatic carboxylic acids is 1. The molecule has 0 aromatic carbocycles. The molecule has 0 fully saturated rings. The van der Waals surface area contributed by atoms with Gasteiger partial charge in [0.05, 0.1) is 19.4 Å². The maximum Gasteiger partial charge on any atom is 0.307 e. The third kappa shape index (κ3) is 5.95. The highest BCUT2D eigenvalue weighted by Gasteiger charge is 2.28. The van der Waals surface area contributed by atoms with Gasteiger partial charge >= 0.3 is 11.9 Å². The van der Waals surface area contributed by atoms with Crippen molar-refractivity contribution in [3.63, 3.8) is 0 Å². The van der Waals surface area contributed by atoms with Gasteiger partial charge in [-0.25, -0.2) is 0 Å². The maximum absolute atomic E-state index is 11.0. The summed E-state index contributed by atoms with van der Waals surface area (Å²) in [5.74, 6) is -2.20. The summed E-state index contributed by atoms with van der Waals surface area (Å²) in [7, 11) is 0. The van der Waals surface area contributed by atoms with Crippen molar-refractivity contribution in [1.82, 2.24) is 0 Å². The lowest BCUT2D eigenvalue weighted by Gasteiger charge is -2.21. The van der Waals surface area contributed by atoms with Crippen molar-refractivity contribution in [3.05, 3.63) is 0 Å². The number of hydrogen-bond acceptors (Lipinski definition) is 7. The number of carboxylic acid groups (broad SMARTS) is 1. The molecular formula is C9H14O8. The zero-order chi connectivity index (χ0) is 13.4. The number of aliphatic hydroxyl groups excluding tert-OH is 3. The lowest BCUT2D eigenvalue weighted by molar-refractivity contribution is -0.164. The normalized spacial score (nSPS) is 15.7. The molecule has 0 amide bonds. The van der Waals surface area contributed by atoms with Crippen molar-refractivity contribution in [3.8, 4) is 0 Å². The number of carbonyl (C=O) groups excluding carboxylic acids is 2. The van der Waals surface area contributed by atoms with E-state index < -0.39 is 49.7 Å². The number of carbonyl (C=O) groups is 3. The number of aliphatic hydroxyl groups is 3. The third-order valence-electron chi connectivity index (χ3n) is 1.86. The van der Waals surface area contributed by atoms with Gasteiger partial charge < -0.3 is 25.2 Å². The summed E-state index contributed by atoms with van der Waals surface area (Å²) in [4.78, 5) is 31.7. The monoisotopic (exact) mass is 250 g/mol. The Morgan fingerprint density at radius 2 is 1.82 bits per heavy atom. The van der Waals surface area contributed by atoms with Gasteiger partial charge in [0.2, 0.25) is 0 Å². The Balaban J connectivity index is 4.25. The lowest BCUT2D eigenvalue weighted by Crippen LogP contribution is -2.43. The van der Waals surface area contributed by atoms with E-state index in [0.29, 0.717) is 0 Å². The molecule has 0 spiro atoms. The molecule has 0 aliphatic heterocycles. The second kappa shape index (κ2) is 7.71. The molecule has 3 atom stereocenters. The Bertz CT molecular complexity index is 276. The van der Waals surface area contributed by atoms with Crippen molar-refractivity contribution in [2.24, 2.45) is 0 Å². The van der Waals surface area contributed by atoms with Crippen LogP contribution in [0.5, 0.6) is 0 Å². The van der Waals surface area contributed by atoms with E-state index in [1.807, 2.05) is 0 Å². The summed E-state index contributed by atoms with van der Waals surface area (Å²) in [5.41, 5.74) is 0. The Morgan fingerprint density at radius 3 is 2.24 bits per heavy atom. The Hall–Kier alpha value is -1.51. The van der Waals surface area contributed by atoms with E-state index in [1.54, 1.807) is 0 Å². The van der Waals surface area contributed by atoms with Crippen LogP contribution in [0.2, 0.25) is 0 Å². The molecule has 0 heterocycles. The number of esters is 1. The van der Waals surface area contributed by atoms with Gasteiger partial charge in [-0.15, -0.1) is 0 Å². The standard InChI is InChI=1S/C9H14O8/c10-3-5(12)9(16)6(4-11)17-8(15)2-1-7(13)14/h4-6,9-10,12,16H,1-3H2,(H,13,14)/t5-,6-,9-/m0/s1. The summed E-state index contributed by atoms with van der Waals surface area (Å²) in [6.45, 7) is -0.807. The molecule has 98 valence electrons. The van der Waals surface area contributed by atoms with Crippen LogP contribution in [0.3, 0.4) is 0 Å². The van der Waals surface area contributed by atoms with Crippen LogP contribution in [0, 0.1) is 0 Å². The largest absolute Gasteiger partial charge is 0.481 e. The third-order valence-corrected chi connectivity index (χ3v) is 1.86. The van der Waals surface area contributed by atoms with E-state index in [1.165, 1.54) is 0 Å². The average Bonchev–Trinajstić information content (AvgIpc) is 2.31. The molecule has 4 N–H and O–H groups in total. The van der Waals surface area contributed by atoms with Crippen LogP contribution in [-0.4, -0.2) is 63.6 Å². The van der Waals surface area contributed by atoms with Crippen molar-refractivity contribution >= 4 is 18.2 Å². The first kappa shape index (κ1) is 15.5. The first-order valence-corrected chi connectivity index (χ1v) is 4.76. The van der Waals surface area contributed by atoms with Crippen LogP contribution in [0.1, 0.15) is 12.8 Å². The maximum atomic E-state index is 11.0.